The molecule has 0 bridgehead atoms. The number of imidazole rings is 1. The highest BCUT2D eigenvalue weighted by Crippen LogP contribution is 2.20. The maximum Gasteiger partial charge on any atom is 0.339 e. The number of primary amides is 1. The SMILES string of the molecule is C[C@@H](c1ccccc1)N(OCCCc1cnc[nH]1)C(N)=O. The highest BCUT2D eigenvalue weighted by Gasteiger charge is 2.20. The minimum absolute atomic E-state index is 0.226. The Balaban J connectivity index is 1.86. The summed E-state index contributed by atoms with van der Waals surface area (Å²) in [6, 6.07) is 8.83. The summed E-state index contributed by atoms with van der Waals surface area (Å²) >= 11 is 0. The van der Waals surface area contributed by atoms with E-state index in [0.29, 0.717) is 6.61 Å². The van der Waals surface area contributed by atoms with Crippen molar-refractivity contribution in [2.24, 2.45) is 5.73 Å². The number of nitrogens with zero attached hydrogens (tertiary/aromatic N) is 2. The van der Waals surface area contributed by atoms with Gasteiger partial charge in [-0.2, -0.15) is 5.06 Å². The van der Waals surface area contributed by atoms with E-state index >= 15 is 0 Å². The number of benzene rings is 1. The van der Waals surface area contributed by atoms with Gasteiger partial charge in [-0.1, -0.05) is 30.3 Å². The number of carbonyl (C=O) groups is 1. The van der Waals surface area contributed by atoms with Gasteiger partial charge in [-0.3, -0.25) is 4.84 Å². The van der Waals surface area contributed by atoms with Gasteiger partial charge in [0, 0.05) is 11.9 Å². The molecule has 6 nitrogen and oxygen atoms in total. The molecule has 0 fully saturated rings. The van der Waals surface area contributed by atoms with Gasteiger partial charge in [-0.25, -0.2) is 9.78 Å². The van der Waals surface area contributed by atoms with Crippen LogP contribution in [-0.4, -0.2) is 27.7 Å². The molecule has 1 aromatic heterocycles. The lowest BCUT2D eigenvalue weighted by Gasteiger charge is -2.26. The lowest BCUT2D eigenvalue weighted by atomic mass is 10.1. The summed E-state index contributed by atoms with van der Waals surface area (Å²) in [5.74, 6) is 0. The number of nitrogens with two attached hydrogens (primary N) is 1. The monoisotopic (exact) mass is 288 g/mol. The third kappa shape index (κ3) is 4.32. The van der Waals surface area contributed by atoms with Crippen molar-refractivity contribution < 1.29 is 9.63 Å². The predicted molar refractivity (Wildman–Crippen MR) is 79.1 cm³/mol. The zero-order valence-electron chi connectivity index (χ0n) is 12.0. The number of aryl methyl sites for hydroxylation is 1. The van der Waals surface area contributed by atoms with Crippen molar-refractivity contribution >= 4 is 6.03 Å². The number of hydrogen-bond donors (Lipinski definition) is 2. The van der Waals surface area contributed by atoms with Gasteiger partial charge in [0.25, 0.3) is 0 Å². The zero-order valence-corrected chi connectivity index (χ0v) is 12.0. The standard InChI is InChI=1S/C15H20N4O2/c1-12(13-6-3-2-4-7-13)19(15(16)20)21-9-5-8-14-10-17-11-18-14/h2-4,6-7,10-12H,5,8-9H2,1H3,(H2,16,20)(H,17,18)/t12-/m0/s1. The Morgan fingerprint density at radius 1 is 1.43 bits per heavy atom. The quantitative estimate of drug-likeness (QED) is 0.606. The predicted octanol–water partition coefficient (Wildman–Crippen LogP) is 2.42. The topological polar surface area (TPSA) is 84.2 Å². The zero-order chi connectivity index (χ0) is 15.1. The van der Waals surface area contributed by atoms with Crippen molar-refractivity contribution in [3.05, 3.63) is 54.1 Å². The minimum atomic E-state index is -0.590. The number of hydrogen-bond acceptors (Lipinski definition) is 3. The first-order chi connectivity index (χ1) is 10.2. The summed E-state index contributed by atoms with van der Waals surface area (Å²) in [4.78, 5) is 24.1. The number of amides is 2. The molecule has 0 saturated carbocycles. The van der Waals surface area contributed by atoms with Crippen LogP contribution < -0.4 is 5.73 Å². The van der Waals surface area contributed by atoms with Gasteiger partial charge in [0.05, 0.1) is 19.0 Å². The van der Waals surface area contributed by atoms with Gasteiger partial charge in [0.1, 0.15) is 0 Å². The van der Waals surface area contributed by atoms with E-state index in [9.17, 15) is 4.79 Å². The fourth-order valence-electron chi connectivity index (χ4n) is 2.08. The molecule has 0 aliphatic carbocycles. The number of hydroxylamine groups is 2. The van der Waals surface area contributed by atoms with Crippen molar-refractivity contribution in [2.45, 2.75) is 25.8 Å². The lowest BCUT2D eigenvalue weighted by Crippen LogP contribution is -2.38. The molecule has 6 heteroatoms. The molecule has 2 rings (SSSR count). The van der Waals surface area contributed by atoms with E-state index in [1.54, 1.807) is 12.5 Å². The number of H-pyrrole nitrogens is 1. The molecule has 0 radical (unpaired) electrons. The van der Waals surface area contributed by atoms with Crippen molar-refractivity contribution in [2.75, 3.05) is 6.61 Å². The van der Waals surface area contributed by atoms with Crippen LogP contribution in [0.3, 0.4) is 0 Å². The first-order valence-electron chi connectivity index (χ1n) is 6.92. The van der Waals surface area contributed by atoms with Gasteiger partial charge in [-0.15, -0.1) is 0 Å². The highest BCUT2D eigenvalue weighted by molar-refractivity contribution is 5.71. The van der Waals surface area contributed by atoms with Crippen molar-refractivity contribution in [1.82, 2.24) is 15.0 Å². The van der Waals surface area contributed by atoms with Crippen LogP contribution in [0.2, 0.25) is 0 Å². The maximum atomic E-state index is 11.5. The highest BCUT2D eigenvalue weighted by atomic mass is 16.7. The number of nitrogens with one attached hydrogen (secondary N) is 1. The molecular formula is C15H20N4O2. The van der Waals surface area contributed by atoms with Crippen LogP contribution in [0.25, 0.3) is 0 Å². The fourth-order valence-corrected chi connectivity index (χ4v) is 2.08. The van der Waals surface area contributed by atoms with Gasteiger partial charge in [0.2, 0.25) is 0 Å². The molecule has 2 amide bonds. The maximum absolute atomic E-state index is 11.5. The van der Waals surface area contributed by atoms with Crippen molar-refractivity contribution in [1.29, 1.82) is 0 Å². The van der Waals surface area contributed by atoms with Crippen LogP contribution in [0.15, 0.2) is 42.9 Å². The van der Waals surface area contributed by atoms with E-state index in [0.717, 1.165) is 24.1 Å². The van der Waals surface area contributed by atoms with E-state index in [4.69, 9.17) is 10.6 Å². The molecule has 2 aromatic rings. The second kappa shape index (κ2) is 7.44. The molecule has 0 aliphatic heterocycles. The molecule has 1 heterocycles. The molecule has 1 aromatic carbocycles. The van der Waals surface area contributed by atoms with Crippen LogP contribution in [0.5, 0.6) is 0 Å². The number of carbonyl (C=O) groups excluding carboxylic acids is 1. The Hall–Kier alpha value is -2.34. The fraction of sp³-hybridized carbons (Fsp3) is 0.333. The molecule has 0 aliphatic rings. The molecular weight excluding hydrogens is 268 g/mol. The minimum Gasteiger partial charge on any atom is -0.350 e. The molecule has 112 valence electrons. The molecule has 1 atom stereocenters. The number of urea groups is 1. The number of aromatic nitrogens is 2. The Labute approximate surface area is 123 Å². The second-order valence-electron chi connectivity index (χ2n) is 4.76. The normalized spacial score (nSPS) is 12.0. The summed E-state index contributed by atoms with van der Waals surface area (Å²) in [5, 5.41) is 1.22. The molecule has 3 N–H and O–H groups in total. The third-order valence-corrected chi connectivity index (χ3v) is 3.23. The number of aromatic amines is 1. The summed E-state index contributed by atoms with van der Waals surface area (Å²) in [5.41, 5.74) is 7.42. The van der Waals surface area contributed by atoms with Gasteiger partial charge < -0.3 is 10.7 Å². The summed E-state index contributed by atoms with van der Waals surface area (Å²) in [6.07, 6.45) is 5.00. The van der Waals surface area contributed by atoms with Gasteiger partial charge >= 0.3 is 6.03 Å². The van der Waals surface area contributed by atoms with Crippen LogP contribution in [0.4, 0.5) is 4.79 Å². The van der Waals surface area contributed by atoms with Gasteiger partial charge in [-0.05, 0) is 25.3 Å². The third-order valence-electron chi connectivity index (χ3n) is 3.23. The smallest absolute Gasteiger partial charge is 0.339 e. The van der Waals surface area contributed by atoms with Crippen LogP contribution in [0.1, 0.15) is 30.6 Å². The van der Waals surface area contributed by atoms with E-state index in [2.05, 4.69) is 9.97 Å². The second-order valence-corrected chi connectivity index (χ2v) is 4.76. The van der Waals surface area contributed by atoms with Crippen LogP contribution in [-0.2, 0) is 11.3 Å². The van der Waals surface area contributed by atoms with Crippen LogP contribution >= 0.6 is 0 Å². The van der Waals surface area contributed by atoms with Crippen LogP contribution in [0, 0.1) is 0 Å². The molecule has 0 spiro atoms. The Bertz CT molecular complexity index is 542. The van der Waals surface area contributed by atoms with Gasteiger partial charge in [0.15, 0.2) is 0 Å². The Kier molecular flexibility index (Phi) is 5.34. The Morgan fingerprint density at radius 2 is 2.19 bits per heavy atom. The van der Waals surface area contributed by atoms with E-state index < -0.39 is 6.03 Å². The van der Waals surface area contributed by atoms with E-state index in [1.807, 2.05) is 37.3 Å². The van der Waals surface area contributed by atoms with E-state index in [-0.39, 0.29) is 6.04 Å². The first kappa shape index (κ1) is 15.1. The van der Waals surface area contributed by atoms with Crippen molar-refractivity contribution in [3.8, 4) is 0 Å². The average Bonchev–Trinajstić information content (AvgIpc) is 3.00. The molecule has 0 saturated heterocycles. The Morgan fingerprint density at radius 3 is 2.81 bits per heavy atom. The summed E-state index contributed by atoms with van der Waals surface area (Å²) in [6.45, 7) is 2.30. The lowest BCUT2D eigenvalue weighted by molar-refractivity contribution is -0.140. The molecule has 21 heavy (non-hydrogen) atoms. The summed E-state index contributed by atoms with van der Waals surface area (Å²) in [7, 11) is 0. The van der Waals surface area contributed by atoms with E-state index in [1.165, 1.54) is 5.06 Å². The molecule has 0 unspecified atom stereocenters. The number of rotatable bonds is 7. The first-order valence-corrected chi connectivity index (χ1v) is 6.92. The average molecular weight is 288 g/mol. The largest absolute Gasteiger partial charge is 0.350 e. The van der Waals surface area contributed by atoms with Crippen molar-refractivity contribution in [3.63, 3.8) is 0 Å². The summed E-state index contributed by atoms with van der Waals surface area (Å²) < 4.78 is 0.